The Morgan fingerprint density at radius 3 is 2.52 bits per heavy atom. The molecule has 1 aromatic heterocycles. The second kappa shape index (κ2) is 10.8. The molecule has 1 N–H and O–H groups in total. The Morgan fingerprint density at radius 1 is 1.24 bits per heavy atom. The summed E-state index contributed by atoms with van der Waals surface area (Å²) in [5.74, 6) is 0.972. The van der Waals surface area contributed by atoms with Crippen molar-refractivity contribution < 1.29 is 0 Å². The molecule has 3 rings (SSSR count). The van der Waals surface area contributed by atoms with Crippen LogP contribution in [0.2, 0.25) is 0 Å². The van der Waals surface area contributed by atoms with Crippen LogP contribution in [0.4, 0.5) is 5.69 Å². The first-order chi connectivity index (χ1) is 13.5. The first kappa shape index (κ1) is 23.5. The number of halogens is 1. The molecular weight excluding hydrogens is 477 g/mol. The zero-order chi connectivity index (χ0) is 20.1. The van der Waals surface area contributed by atoms with Crippen molar-refractivity contribution in [1.29, 1.82) is 0 Å². The van der Waals surface area contributed by atoms with Gasteiger partial charge in [0.05, 0.1) is 12.2 Å². The smallest absolute Gasteiger partial charge is 0.193 e. The SMILES string of the molecule is CN=C(NCC(c1cnn(C)c1)N(C)C)N1CCN(c2cccc(C)c2)CC1.I. The molecule has 2 heterocycles. The Morgan fingerprint density at radius 2 is 1.97 bits per heavy atom. The van der Waals surface area contributed by atoms with Gasteiger partial charge in [0.1, 0.15) is 0 Å². The van der Waals surface area contributed by atoms with Crippen LogP contribution in [0.5, 0.6) is 0 Å². The van der Waals surface area contributed by atoms with Gasteiger partial charge in [0, 0.05) is 64.3 Å². The fourth-order valence-corrected chi connectivity index (χ4v) is 3.73. The standard InChI is InChI=1S/C21H33N7.HI/c1-17-7-6-8-19(13-17)27-9-11-28(12-10-27)21(22-2)23-15-20(25(3)4)18-14-24-26(5)16-18;/h6-8,13-14,16,20H,9-12,15H2,1-5H3,(H,22,23);1H. The molecule has 1 fully saturated rings. The number of anilines is 1. The van der Waals surface area contributed by atoms with E-state index in [0.717, 1.165) is 38.7 Å². The third kappa shape index (κ3) is 6.08. The number of aromatic nitrogens is 2. The number of hydrogen-bond donors (Lipinski definition) is 1. The summed E-state index contributed by atoms with van der Waals surface area (Å²) in [5, 5.41) is 7.89. The van der Waals surface area contributed by atoms with Gasteiger partial charge in [0.25, 0.3) is 0 Å². The summed E-state index contributed by atoms with van der Waals surface area (Å²) in [5.41, 5.74) is 3.83. The fraction of sp³-hybridized carbons (Fsp3) is 0.524. The summed E-state index contributed by atoms with van der Waals surface area (Å²) in [7, 11) is 8.02. The maximum Gasteiger partial charge on any atom is 0.193 e. The van der Waals surface area contributed by atoms with Crippen molar-refractivity contribution in [1.82, 2.24) is 24.9 Å². The highest BCUT2D eigenvalue weighted by molar-refractivity contribution is 14.0. The van der Waals surface area contributed by atoms with Crippen LogP contribution in [-0.4, -0.2) is 79.4 Å². The third-order valence-corrected chi connectivity index (χ3v) is 5.34. The number of guanidine groups is 1. The highest BCUT2D eigenvalue weighted by Gasteiger charge is 2.22. The molecule has 8 heteroatoms. The van der Waals surface area contributed by atoms with E-state index in [1.54, 1.807) is 0 Å². The number of likely N-dealkylation sites (N-methyl/N-ethyl adjacent to an activating group) is 1. The number of aryl methyl sites for hydroxylation is 2. The molecule has 0 amide bonds. The summed E-state index contributed by atoms with van der Waals surface area (Å²) in [6, 6.07) is 9.00. The van der Waals surface area contributed by atoms with Crippen molar-refractivity contribution in [3.63, 3.8) is 0 Å². The number of nitrogens with zero attached hydrogens (tertiary/aromatic N) is 6. The van der Waals surface area contributed by atoms with Crippen molar-refractivity contribution in [3.8, 4) is 0 Å². The van der Waals surface area contributed by atoms with E-state index in [4.69, 9.17) is 0 Å². The van der Waals surface area contributed by atoms with Gasteiger partial charge in [-0.25, -0.2) is 0 Å². The molecule has 0 saturated carbocycles. The Kier molecular flexibility index (Phi) is 8.76. The van der Waals surface area contributed by atoms with Gasteiger partial charge in [0.2, 0.25) is 0 Å². The molecule has 1 unspecified atom stereocenters. The summed E-state index contributed by atoms with van der Waals surface area (Å²) in [6.07, 6.45) is 4.02. The molecular formula is C21H34IN7. The molecule has 2 aromatic rings. The fourth-order valence-electron chi connectivity index (χ4n) is 3.73. The summed E-state index contributed by atoms with van der Waals surface area (Å²) in [6.45, 7) is 6.88. The van der Waals surface area contributed by atoms with Gasteiger partial charge in [-0.3, -0.25) is 9.67 Å². The molecule has 160 valence electrons. The van der Waals surface area contributed by atoms with E-state index in [-0.39, 0.29) is 30.0 Å². The molecule has 0 radical (unpaired) electrons. The van der Waals surface area contributed by atoms with Crippen LogP contribution in [0.25, 0.3) is 0 Å². The maximum absolute atomic E-state index is 4.53. The number of hydrogen-bond acceptors (Lipinski definition) is 4. The second-order valence-electron chi connectivity index (χ2n) is 7.67. The molecule has 0 spiro atoms. The third-order valence-electron chi connectivity index (χ3n) is 5.34. The quantitative estimate of drug-likeness (QED) is 0.380. The van der Waals surface area contributed by atoms with Gasteiger partial charge in [-0.2, -0.15) is 5.10 Å². The lowest BCUT2D eigenvalue weighted by atomic mass is 10.1. The van der Waals surface area contributed by atoms with E-state index in [2.05, 4.69) is 81.6 Å². The van der Waals surface area contributed by atoms with E-state index in [9.17, 15) is 0 Å². The Hall–Kier alpha value is -1.81. The number of aliphatic imine (C=N–C) groups is 1. The number of benzene rings is 1. The van der Waals surface area contributed by atoms with Gasteiger partial charge >= 0.3 is 0 Å². The zero-order valence-corrected chi connectivity index (χ0v) is 20.5. The Balaban J connectivity index is 0.00000300. The molecule has 1 atom stereocenters. The van der Waals surface area contributed by atoms with Gasteiger partial charge in [-0.1, -0.05) is 12.1 Å². The van der Waals surface area contributed by atoms with E-state index >= 15 is 0 Å². The van der Waals surface area contributed by atoms with Crippen LogP contribution in [0, 0.1) is 6.92 Å². The molecule has 1 aliphatic rings. The van der Waals surface area contributed by atoms with Crippen LogP contribution in [0.15, 0.2) is 41.7 Å². The topological polar surface area (TPSA) is 51.9 Å². The first-order valence-corrected chi connectivity index (χ1v) is 9.90. The largest absolute Gasteiger partial charge is 0.368 e. The average molecular weight is 511 g/mol. The molecule has 29 heavy (non-hydrogen) atoms. The van der Waals surface area contributed by atoms with E-state index in [0.29, 0.717) is 0 Å². The van der Waals surface area contributed by atoms with Crippen LogP contribution >= 0.6 is 24.0 Å². The van der Waals surface area contributed by atoms with Crippen LogP contribution in [0.3, 0.4) is 0 Å². The predicted molar refractivity (Wildman–Crippen MR) is 131 cm³/mol. The van der Waals surface area contributed by atoms with Crippen LogP contribution in [-0.2, 0) is 7.05 Å². The summed E-state index contributed by atoms with van der Waals surface area (Å²) in [4.78, 5) is 11.5. The van der Waals surface area contributed by atoms with E-state index < -0.39 is 0 Å². The van der Waals surface area contributed by atoms with Crippen LogP contribution < -0.4 is 10.2 Å². The molecule has 1 aromatic carbocycles. The Labute approximate surface area is 191 Å². The number of piperazine rings is 1. The summed E-state index contributed by atoms with van der Waals surface area (Å²) < 4.78 is 1.85. The Bertz CT molecular complexity index is 794. The second-order valence-corrected chi connectivity index (χ2v) is 7.67. The van der Waals surface area contributed by atoms with Crippen molar-refractivity contribution in [2.45, 2.75) is 13.0 Å². The lowest BCUT2D eigenvalue weighted by Gasteiger charge is -2.38. The summed E-state index contributed by atoms with van der Waals surface area (Å²) >= 11 is 0. The van der Waals surface area contributed by atoms with Crippen molar-refractivity contribution in [3.05, 3.63) is 47.8 Å². The number of nitrogens with one attached hydrogen (secondary N) is 1. The van der Waals surface area contributed by atoms with Crippen molar-refractivity contribution in [2.75, 3.05) is 58.8 Å². The normalized spacial score (nSPS) is 16.0. The monoisotopic (exact) mass is 511 g/mol. The molecule has 0 aliphatic carbocycles. The van der Waals surface area contributed by atoms with Gasteiger partial charge < -0.3 is 20.0 Å². The minimum atomic E-state index is 0. The molecule has 0 bridgehead atoms. The van der Waals surface area contributed by atoms with Gasteiger partial charge in [-0.05, 0) is 38.7 Å². The van der Waals surface area contributed by atoms with E-state index in [1.165, 1.54) is 16.8 Å². The van der Waals surface area contributed by atoms with Crippen molar-refractivity contribution in [2.24, 2.45) is 12.0 Å². The first-order valence-electron chi connectivity index (χ1n) is 9.90. The maximum atomic E-state index is 4.53. The van der Waals surface area contributed by atoms with E-state index in [1.807, 2.05) is 25.0 Å². The minimum absolute atomic E-state index is 0. The molecule has 1 aliphatic heterocycles. The number of rotatable bonds is 5. The highest BCUT2D eigenvalue weighted by atomic mass is 127. The molecule has 7 nitrogen and oxygen atoms in total. The molecule has 1 saturated heterocycles. The lowest BCUT2D eigenvalue weighted by Crippen LogP contribution is -2.53. The average Bonchev–Trinajstić information content (AvgIpc) is 3.11. The van der Waals surface area contributed by atoms with Gasteiger partial charge in [0.15, 0.2) is 5.96 Å². The predicted octanol–water partition coefficient (Wildman–Crippen LogP) is 2.35. The minimum Gasteiger partial charge on any atom is -0.368 e. The van der Waals surface area contributed by atoms with Crippen LogP contribution in [0.1, 0.15) is 17.2 Å². The zero-order valence-electron chi connectivity index (χ0n) is 18.2. The highest BCUT2D eigenvalue weighted by Crippen LogP contribution is 2.19. The van der Waals surface area contributed by atoms with Crippen molar-refractivity contribution >= 4 is 35.6 Å². The van der Waals surface area contributed by atoms with Gasteiger partial charge in [-0.15, -0.1) is 24.0 Å². The lowest BCUT2D eigenvalue weighted by molar-refractivity contribution is 0.292.